The zero-order valence-corrected chi connectivity index (χ0v) is 15.6. The quantitative estimate of drug-likeness (QED) is 0.758. The number of thiophene rings is 1. The van der Waals surface area contributed by atoms with Gasteiger partial charge in [0.2, 0.25) is 11.8 Å². The smallest absolute Gasteiger partial charge is 0.222 e. The molecule has 0 aliphatic heterocycles. The number of hydrogen-bond donors (Lipinski definition) is 2. The van der Waals surface area contributed by atoms with Crippen LogP contribution in [0.4, 0.5) is 0 Å². The van der Waals surface area contributed by atoms with Crippen molar-refractivity contribution in [1.82, 2.24) is 10.6 Å². The van der Waals surface area contributed by atoms with Crippen LogP contribution in [0.3, 0.4) is 0 Å². The van der Waals surface area contributed by atoms with Crippen molar-refractivity contribution in [3.8, 4) is 5.75 Å². The molecule has 0 aliphatic rings. The summed E-state index contributed by atoms with van der Waals surface area (Å²) in [6.45, 7) is 5.78. The molecule has 1 aromatic carbocycles. The van der Waals surface area contributed by atoms with Crippen LogP contribution in [-0.4, -0.2) is 17.9 Å². The monoisotopic (exact) mass is 360 g/mol. The average Bonchev–Trinajstić information content (AvgIpc) is 3.07. The maximum Gasteiger partial charge on any atom is 0.222 e. The van der Waals surface area contributed by atoms with E-state index in [4.69, 9.17) is 4.74 Å². The second kappa shape index (κ2) is 9.22. The van der Waals surface area contributed by atoms with Gasteiger partial charge in [0.25, 0.3) is 0 Å². The van der Waals surface area contributed by atoms with E-state index in [1.165, 1.54) is 18.3 Å². The van der Waals surface area contributed by atoms with Gasteiger partial charge in [-0.1, -0.05) is 24.3 Å². The highest BCUT2D eigenvalue weighted by Crippen LogP contribution is 2.23. The molecule has 2 amide bonds. The molecular weight excluding hydrogens is 336 g/mol. The zero-order chi connectivity index (χ0) is 18.2. The lowest BCUT2D eigenvalue weighted by molar-refractivity contribution is -0.122. The van der Waals surface area contributed by atoms with Crippen LogP contribution in [0.15, 0.2) is 41.8 Å². The maximum atomic E-state index is 12.3. The number of benzene rings is 1. The molecule has 25 heavy (non-hydrogen) atoms. The van der Waals surface area contributed by atoms with Crippen molar-refractivity contribution in [2.45, 2.75) is 45.9 Å². The first-order valence-electron chi connectivity index (χ1n) is 8.27. The van der Waals surface area contributed by atoms with Crippen LogP contribution in [0.5, 0.6) is 5.75 Å². The number of rotatable bonds is 8. The number of carbonyl (C=O) groups excluding carboxylic acids is 2. The number of ether oxygens (including phenoxy) is 1. The molecule has 0 aliphatic carbocycles. The van der Waals surface area contributed by atoms with Gasteiger partial charge in [-0.3, -0.25) is 9.59 Å². The minimum Gasteiger partial charge on any atom is -0.491 e. The van der Waals surface area contributed by atoms with Crippen LogP contribution in [0.2, 0.25) is 0 Å². The van der Waals surface area contributed by atoms with Gasteiger partial charge < -0.3 is 15.4 Å². The number of amides is 2. The van der Waals surface area contributed by atoms with Crippen LogP contribution >= 0.6 is 11.3 Å². The topological polar surface area (TPSA) is 67.4 Å². The largest absolute Gasteiger partial charge is 0.491 e. The Bertz CT molecular complexity index is 698. The summed E-state index contributed by atoms with van der Waals surface area (Å²) in [6.07, 6.45) is 0.271. The molecule has 1 unspecified atom stereocenters. The van der Waals surface area contributed by atoms with Crippen molar-refractivity contribution in [2.24, 2.45) is 0 Å². The molecule has 5 nitrogen and oxygen atoms in total. The fourth-order valence-electron chi connectivity index (χ4n) is 2.43. The van der Waals surface area contributed by atoms with Gasteiger partial charge >= 0.3 is 0 Å². The molecule has 0 saturated heterocycles. The van der Waals surface area contributed by atoms with Gasteiger partial charge in [0.1, 0.15) is 5.75 Å². The minimum atomic E-state index is -0.306. The molecule has 0 saturated carbocycles. The molecule has 1 atom stereocenters. The Kier molecular flexibility index (Phi) is 7.01. The molecule has 2 aromatic rings. The third kappa shape index (κ3) is 6.23. The van der Waals surface area contributed by atoms with Crippen LogP contribution in [0.25, 0.3) is 0 Å². The predicted octanol–water partition coefficient (Wildman–Crippen LogP) is 3.42. The second-order valence-corrected chi connectivity index (χ2v) is 7.00. The molecule has 0 spiro atoms. The SMILES string of the molecule is CC(=O)NC(CC(=O)NCc1ccccc1OC(C)C)c1cccs1. The first-order valence-corrected chi connectivity index (χ1v) is 9.15. The van der Waals surface area contributed by atoms with Gasteiger partial charge in [-0.05, 0) is 31.4 Å². The Morgan fingerprint density at radius 1 is 1.16 bits per heavy atom. The number of nitrogens with one attached hydrogen (secondary N) is 2. The molecular formula is C19H24N2O3S. The summed E-state index contributed by atoms with van der Waals surface area (Å²) in [5.41, 5.74) is 0.928. The molecule has 0 fully saturated rings. The predicted molar refractivity (Wildman–Crippen MR) is 99.5 cm³/mol. The zero-order valence-electron chi connectivity index (χ0n) is 14.7. The van der Waals surface area contributed by atoms with Crippen molar-refractivity contribution in [1.29, 1.82) is 0 Å². The molecule has 1 aromatic heterocycles. The van der Waals surface area contributed by atoms with E-state index in [9.17, 15) is 9.59 Å². The lowest BCUT2D eigenvalue weighted by Crippen LogP contribution is -2.32. The first kappa shape index (κ1) is 19.0. The Labute approximate surface area is 152 Å². The average molecular weight is 360 g/mol. The molecule has 134 valence electrons. The second-order valence-electron chi connectivity index (χ2n) is 6.02. The maximum absolute atomic E-state index is 12.3. The molecule has 1 heterocycles. The Morgan fingerprint density at radius 2 is 1.92 bits per heavy atom. The van der Waals surface area contributed by atoms with E-state index in [-0.39, 0.29) is 30.4 Å². The third-order valence-corrected chi connectivity index (χ3v) is 4.45. The number of para-hydroxylation sites is 1. The van der Waals surface area contributed by atoms with Crippen molar-refractivity contribution >= 4 is 23.2 Å². The summed E-state index contributed by atoms with van der Waals surface area (Å²) >= 11 is 1.52. The van der Waals surface area contributed by atoms with E-state index in [2.05, 4.69) is 10.6 Å². The standard InChI is InChI=1S/C19H24N2O3S/c1-13(2)24-17-8-5-4-7-15(17)12-20-19(23)11-16(21-14(3)22)18-9-6-10-25-18/h4-10,13,16H,11-12H2,1-3H3,(H,20,23)(H,21,22). The summed E-state index contributed by atoms with van der Waals surface area (Å²) < 4.78 is 5.76. The van der Waals surface area contributed by atoms with Gasteiger partial charge in [-0.15, -0.1) is 11.3 Å². The highest BCUT2D eigenvalue weighted by atomic mass is 32.1. The first-order chi connectivity index (χ1) is 12.0. The van der Waals surface area contributed by atoms with Crippen LogP contribution in [-0.2, 0) is 16.1 Å². The molecule has 0 radical (unpaired) electrons. The van der Waals surface area contributed by atoms with Crippen LogP contribution < -0.4 is 15.4 Å². The van der Waals surface area contributed by atoms with Crippen molar-refractivity contribution in [3.05, 3.63) is 52.2 Å². The van der Waals surface area contributed by atoms with Crippen molar-refractivity contribution in [3.63, 3.8) is 0 Å². The Balaban J connectivity index is 1.96. The molecule has 2 rings (SSSR count). The van der Waals surface area contributed by atoms with E-state index in [1.807, 2.05) is 55.6 Å². The fourth-order valence-corrected chi connectivity index (χ4v) is 3.21. The Morgan fingerprint density at radius 3 is 2.56 bits per heavy atom. The van der Waals surface area contributed by atoms with E-state index in [0.29, 0.717) is 6.54 Å². The van der Waals surface area contributed by atoms with Gasteiger partial charge in [0.15, 0.2) is 0 Å². The summed E-state index contributed by atoms with van der Waals surface area (Å²) in [5.74, 6) is 0.503. The Hall–Kier alpha value is -2.34. The van der Waals surface area contributed by atoms with E-state index >= 15 is 0 Å². The molecule has 2 N–H and O–H groups in total. The van der Waals surface area contributed by atoms with Gasteiger partial charge in [-0.25, -0.2) is 0 Å². The van der Waals surface area contributed by atoms with Crippen molar-refractivity contribution in [2.75, 3.05) is 0 Å². The number of carbonyl (C=O) groups is 2. The lowest BCUT2D eigenvalue weighted by Gasteiger charge is -2.17. The van der Waals surface area contributed by atoms with Crippen LogP contribution in [0, 0.1) is 0 Å². The van der Waals surface area contributed by atoms with E-state index in [0.717, 1.165) is 16.2 Å². The summed E-state index contributed by atoms with van der Waals surface area (Å²) in [4.78, 5) is 24.7. The fraction of sp³-hybridized carbons (Fsp3) is 0.368. The normalized spacial score (nSPS) is 11.8. The van der Waals surface area contributed by atoms with Gasteiger partial charge in [0.05, 0.1) is 18.6 Å². The van der Waals surface area contributed by atoms with Crippen LogP contribution in [0.1, 0.15) is 43.7 Å². The minimum absolute atomic E-state index is 0.0693. The number of hydrogen-bond acceptors (Lipinski definition) is 4. The third-order valence-electron chi connectivity index (χ3n) is 3.46. The highest BCUT2D eigenvalue weighted by Gasteiger charge is 2.18. The lowest BCUT2D eigenvalue weighted by atomic mass is 10.1. The van der Waals surface area contributed by atoms with E-state index in [1.54, 1.807) is 0 Å². The summed E-state index contributed by atoms with van der Waals surface area (Å²) in [5, 5.41) is 7.68. The highest BCUT2D eigenvalue weighted by molar-refractivity contribution is 7.10. The summed E-state index contributed by atoms with van der Waals surface area (Å²) in [6, 6.07) is 11.2. The van der Waals surface area contributed by atoms with Gasteiger partial charge in [0, 0.05) is 23.9 Å². The summed E-state index contributed by atoms with van der Waals surface area (Å²) in [7, 11) is 0. The van der Waals surface area contributed by atoms with Crippen molar-refractivity contribution < 1.29 is 14.3 Å². The van der Waals surface area contributed by atoms with E-state index < -0.39 is 0 Å². The van der Waals surface area contributed by atoms with Gasteiger partial charge in [-0.2, -0.15) is 0 Å². The molecule has 0 bridgehead atoms. The molecule has 6 heteroatoms.